The third-order valence-electron chi connectivity index (χ3n) is 3.10. The zero-order valence-corrected chi connectivity index (χ0v) is 9.05. The smallest absolute Gasteiger partial charge is 0.00683 e. The Balaban J connectivity index is 2.04. The van der Waals surface area contributed by atoms with Crippen molar-refractivity contribution in [3.63, 3.8) is 0 Å². The lowest BCUT2D eigenvalue weighted by Crippen LogP contribution is -2.26. The zero-order valence-electron chi connectivity index (χ0n) is 9.05. The molecule has 1 aliphatic rings. The van der Waals surface area contributed by atoms with Crippen LogP contribution in [0.1, 0.15) is 39.5 Å². The lowest BCUT2D eigenvalue weighted by atomic mass is 9.91. The van der Waals surface area contributed by atoms with Crippen LogP contribution in [0.3, 0.4) is 0 Å². The Kier molecular flexibility index (Phi) is 4.51. The first-order valence-electron chi connectivity index (χ1n) is 5.58. The molecule has 1 heteroatoms. The van der Waals surface area contributed by atoms with Gasteiger partial charge >= 0.3 is 0 Å². The van der Waals surface area contributed by atoms with Crippen molar-refractivity contribution >= 4 is 0 Å². The zero-order chi connectivity index (χ0) is 9.68. The summed E-state index contributed by atoms with van der Waals surface area (Å²) in [5.41, 5.74) is 0. The van der Waals surface area contributed by atoms with Crippen molar-refractivity contribution in [1.29, 1.82) is 0 Å². The molecule has 1 saturated carbocycles. The predicted molar refractivity (Wildman–Crippen MR) is 58.8 cm³/mol. The molecule has 0 aromatic rings. The molecule has 1 fully saturated rings. The highest BCUT2D eigenvalue weighted by atomic mass is 14.9. The summed E-state index contributed by atoms with van der Waals surface area (Å²) < 4.78 is 0. The van der Waals surface area contributed by atoms with E-state index in [0.29, 0.717) is 0 Å². The van der Waals surface area contributed by atoms with Gasteiger partial charge in [-0.2, -0.15) is 0 Å². The van der Waals surface area contributed by atoms with Gasteiger partial charge in [0.25, 0.3) is 0 Å². The van der Waals surface area contributed by atoms with Crippen molar-refractivity contribution in [2.45, 2.75) is 45.6 Å². The van der Waals surface area contributed by atoms with Crippen molar-refractivity contribution in [3.8, 4) is 0 Å². The molecular weight excluding hydrogens is 158 g/mol. The Hall–Kier alpha value is -0.300. The standard InChI is InChI=1S/C12H23N/c1-4-5-6-10(2)11(3)9-13-12-7-8-12/h4,10-13H,1,5-9H2,2-3H3. The number of allylic oxidation sites excluding steroid dienone is 1. The van der Waals surface area contributed by atoms with Crippen LogP contribution < -0.4 is 5.32 Å². The highest BCUT2D eigenvalue weighted by molar-refractivity contribution is 4.82. The average Bonchev–Trinajstić information content (AvgIpc) is 2.93. The molecule has 0 bridgehead atoms. The van der Waals surface area contributed by atoms with Crippen LogP contribution in [0.5, 0.6) is 0 Å². The van der Waals surface area contributed by atoms with Crippen molar-refractivity contribution in [1.82, 2.24) is 5.32 Å². The van der Waals surface area contributed by atoms with Crippen LogP contribution in [0.2, 0.25) is 0 Å². The third kappa shape index (κ3) is 4.47. The van der Waals surface area contributed by atoms with Gasteiger partial charge in [-0.15, -0.1) is 6.58 Å². The molecule has 0 aliphatic heterocycles. The van der Waals surface area contributed by atoms with Gasteiger partial charge in [-0.3, -0.25) is 0 Å². The third-order valence-corrected chi connectivity index (χ3v) is 3.10. The molecule has 0 aromatic carbocycles. The SMILES string of the molecule is C=CCCC(C)C(C)CNC1CC1. The number of hydrogen-bond acceptors (Lipinski definition) is 1. The molecule has 1 nitrogen and oxygen atoms in total. The minimum absolute atomic E-state index is 0.806. The normalized spacial score (nSPS) is 21.1. The molecule has 13 heavy (non-hydrogen) atoms. The van der Waals surface area contributed by atoms with E-state index in [2.05, 4.69) is 25.7 Å². The fourth-order valence-electron chi connectivity index (χ4n) is 1.51. The van der Waals surface area contributed by atoms with E-state index in [1.807, 2.05) is 6.08 Å². The second-order valence-corrected chi connectivity index (χ2v) is 4.50. The molecule has 0 heterocycles. The maximum atomic E-state index is 3.76. The summed E-state index contributed by atoms with van der Waals surface area (Å²) in [5.74, 6) is 1.63. The number of rotatable bonds is 7. The summed E-state index contributed by atoms with van der Waals surface area (Å²) in [7, 11) is 0. The fraction of sp³-hybridized carbons (Fsp3) is 0.833. The van der Waals surface area contributed by atoms with Gasteiger partial charge in [0, 0.05) is 6.04 Å². The monoisotopic (exact) mass is 181 g/mol. The molecule has 2 unspecified atom stereocenters. The largest absolute Gasteiger partial charge is 0.314 e. The molecule has 0 radical (unpaired) electrons. The topological polar surface area (TPSA) is 12.0 Å². The van der Waals surface area contributed by atoms with Crippen LogP contribution in [0.4, 0.5) is 0 Å². The van der Waals surface area contributed by atoms with E-state index in [9.17, 15) is 0 Å². The summed E-state index contributed by atoms with van der Waals surface area (Å²) in [5, 5.41) is 3.59. The summed E-state index contributed by atoms with van der Waals surface area (Å²) in [6, 6.07) is 0.856. The van der Waals surface area contributed by atoms with Crippen LogP contribution >= 0.6 is 0 Å². The maximum absolute atomic E-state index is 3.76. The second kappa shape index (κ2) is 5.43. The first-order chi connectivity index (χ1) is 6.24. The van der Waals surface area contributed by atoms with Crippen LogP contribution in [-0.2, 0) is 0 Å². The van der Waals surface area contributed by atoms with Crippen LogP contribution in [0.25, 0.3) is 0 Å². The highest BCUT2D eigenvalue weighted by Crippen LogP contribution is 2.21. The Morgan fingerprint density at radius 3 is 2.62 bits per heavy atom. The van der Waals surface area contributed by atoms with Gasteiger partial charge in [0.05, 0.1) is 0 Å². The quantitative estimate of drug-likeness (QED) is 0.595. The van der Waals surface area contributed by atoms with Crippen molar-refractivity contribution in [2.75, 3.05) is 6.54 Å². The molecule has 0 saturated heterocycles. The van der Waals surface area contributed by atoms with Gasteiger partial charge in [0.15, 0.2) is 0 Å². The molecule has 0 aromatic heterocycles. The van der Waals surface area contributed by atoms with Crippen LogP contribution in [0.15, 0.2) is 12.7 Å². The first-order valence-corrected chi connectivity index (χ1v) is 5.58. The summed E-state index contributed by atoms with van der Waals surface area (Å²) in [6.07, 6.45) is 7.27. The van der Waals surface area contributed by atoms with E-state index < -0.39 is 0 Å². The van der Waals surface area contributed by atoms with Gasteiger partial charge in [0.1, 0.15) is 0 Å². The minimum Gasteiger partial charge on any atom is -0.314 e. The van der Waals surface area contributed by atoms with E-state index >= 15 is 0 Å². The number of hydrogen-bond donors (Lipinski definition) is 1. The summed E-state index contributed by atoms with van der Waals surface area (Å²) in [4.78, 5) is 0. The van der Waals surface area contributed by atoms with E-state index in [0.717, 1.165) is 24.3 Å². The molecule has 0 spiro atoms. The van der Waals surface area contributed by atoms with Gasteiger partial charge in [0.2, 0.25) is 0 Å². The molecule has 1 aliphatic carbocycles. The fourth-order valence-corrected chi connectivity index (χ4v) is 1.51. The van der Waals surface area contributed by atoms with Crippen LogP contribution in [-0.4, -0.2) is 12.6 Å². The highest BCUT2D eigenvalue weighted by Gasteiger charge is 2.21. The molecule has 76 valence electrons. The Morgan fingerprint density at radius 2 is 2.08 bits per heavy atom. The van der Waals surface area contributed by atoms with Crippen molar-refractivity contribution in [3.05, 3.63) is 12.7 Å². The van der Waals surface area contributed by atoms with E-state index in [4.69, 9.17) is 0 Å². The van der Waals surface area contributed by atoms with Crippen molar-refractivity contribution in [2.24, 2.45) is 11.8 Å². The summed E-state index contributed by atoms with van der Waals surface area (Å²) in [6.45, 7) is 9.66. The van der Waals surface area contributed by atoms with E-state index in [-0.39, 0.29) is 0 Å². The molecule has 1 N–H and O–H groups in total. The Labute approximate surface area is 82.6 Å². The number of nitrogens with one attached hydrogen (secondary N) is 1. The molecular formula is C12H23N. The van der Waals surface area contributed by atoms with Crippen LogP contribution in [0, 0.1) is 11.8 Å². The lowest BCUT2D eigenvalue weighted by molar-refractivity contribution is 0.348. The lowest BCUT2D eigenvalue weighted by Gasteiger charge is -2.19. The van der Waals surface area contributed by atoms with Gasteiger partial charge < -0.3 is 5.32 Å². The van der Waals surface area contributed by atoms with Crippen molar-refractivity contribution < 1.29 is 0 Å². The average molecular weight is 181 g/mol. The van der Waals surface area contributed by atoms with Gasteiger partial charge in [-0.05, 0) is 44.1 Å². The molecule has 2 atom stereocenters. The Morgan fingerprint density at radius 1 is 1.38 bits per heavy atom. The molecule has 0 amide bonds. The first kappa shape index (κ1) is 10.8. The van der Waals surface area contributed by atoms with E-state index in [1.54, 1.807) is 0 Å². The maximum Gasteiger partial charge on any atom is 0.00683 e. The Bertz CT molecular complexity index is 149. The molecule has 1 rings (SSSR count). The summed E-state index contributed by atoms with van der Waals surface area (Å²) >= 11 is 0. The second-order valence-electron chi connectivity index (χ2n) is 4.50. The van der Waals surface area contributed by atoms with Gasteiger partial charge in [-0.1, -0.05) is 19.9 Å². The van der Waals surface area contributed by atoms with E-state index in [1.165, 1.54) is 25.8 Å². The van der Waals surface area contributed by atoms with Gasteiger partial charge in [-0.25, -0.2) is 0 Å². The minimum atomic E-state index is 0.806. The predicted octanol–water partition coefficient (Wildman–Crippen LogP) is 2.98.